The third kappa shape index (κ3) is 2.13. The van der Waals surface area contributed by atoms with Crippen molar-refractivity contribution in [3.8, 4) is 11.5 Å². The van der Waals surface area contributed by atoms with Gasteiger partial charge in [0, 0.05) is 28.0 Å². The maximum absolute atomic E-state index is 13.4. The van der Waals surface area contributed by atoms with Crippen LogP contribution in [0.5, 0.6) is 11.5 Å². The molecule has 0 aliphatic heterocycles. The molecule has 2 aliphatic rings. The van der Waals surface area contributed by atoms with Gasteiger partial charge in [-0.25, -0.2) is 0 Å². The van der Waals surface area contributed by atoms with Crippen LogP contribution in [0.4, 0.5) is 0 Å². The molecule has 1 saturated carbocycles. The first kappa shape index (κ1) is 17.3. The van der Waals surface area contributed by atoms with E-state index in [1.54, 1.807) is 14.2 Å². The molecule has 1 aromatic rings. The van der Waals surface area contributed by atoms with Crippen LogP contribution in [0.25, 0.3) is 0 Å². The van der Waals surface area contributed by atoms with Crippen molar-refractivity contribution in [3.05, 3.63) is 22.8 Å². The Hall–Kier alpha value is -1.51. The standard InChI is InChI=1S/C21H30O3/c1-12(2)13-11-14-15(18(24-7)17(13)23-6)21(5)10-8-9-20(3,4)19(21)16(14)22/h11-12,19H,8-10H2,1-7H3/t19-,21-/m1/s1. The Bertz CT molecular complexity index is 687. The largest absolute Gasteiger partial charge is 0.493 e. The smallest absolute Gasteiger partial charge is 0.167 e. The van der Waals surface area contributed by atoms with Gasteiger partial charge in [-0.15, -0.1) is 0 Å². The van der Waals surface area contributed by atoms with Gasteiger partial charge in [0.2, 0.25) is 0 Å². The van der Waals surface area contributed by atoms with Gasteiger partial charge in [-0.05, 0) is 30.2 Å². The van der Waals surface area contributed by atoms with E-state index in [0.29, 0.717) is 5.78 Å². The second-order valence-corrected chi connectivity index (χ2v) is 8.67. The van der Waals surface area contributed by atoms with E-state index in [9.17, 15) is 4.79 Å². The molecule has 3 heteroatoms. The van der Waals surface area contributed by atoms with Crippen LogP contribution in [0.3, 0.4) is 0 Å². The van der Waals surface area contributed by atoms with Crippen LogP contribution < -0.4 is 9.47 Å². The van der Waals surface area contributed by atoms with Gasteiger partial charge in [-0.2, -0.15) is 0 Å². The summed E-state index contributed by atoms with van der Waals surface area (Å²) in [5, 5.41) is 0. The maximum atomic E-state index is 13.4. The predicted octanol–water partition coefficient (Wildman–Crippen LogP) is 5.11. The zero-order chi connectivity index (χ0) is 17.9. The van der Waals surface area contributed by atoms with E-state index in [1.165, 1.54) is 0 Å². The molecule has 0 spiro atoms. The first-order valence-corrected chi connectivity index (χ1v) is 9.02. The van der Waals surface area contributed by atoms with Crippen LogP contribution >= 0.6 is 0 Å². The highest BCUT2D eigenvalue weighted by Crippen LogP contribution is 2.62. The number of ketones is 1. The minimum Gasteiger partial charge on any atom is -0.493 e. The second-order valence-electron chi connectivity index (χ2n) is 8.67. The fourth-order valence-electron chi connectivity index (χ4n) is 5.39. The summed E-state index contributed by atoms with van der Waals surface area (Å²) in [6.45, 7) is 11.0. The Balaban J connectivity index is 2.34. The van der Waals surface area contributed by atoms with Gasteiger partial charge in [-0.3, -0.25) is 4.79 Å². The molecule has 1 aromatic carbocycles. The van der Waals surface area contributed by atoms with E-state index in [1.807, 2.05) is 0 Å². The maximum Gasteiger partial charge on any atom is 0.167 e. The lowest BCUT2D eigenvalue weighted by atomic mass is 9.56. The zero-order valence-corrected chi connectivity index (χ0v) is 16.1. The highest BCUT2D eigenvalue weighted by atomic mass is 16.5. The Morgan fingerprint density at radius 3 is 2.25 bits per heavy atom. The topological polar surface area (TPSA) is 35.5 Å². The molecular formula is C21H30O3. The molecule has 2 atom stereocenters. The molecule has 0 amide bonds. The third-order valence-electron chi connectivity index (χ3n) is 6.33. The summed E-state index contributed by atoms with van der Waals surface area (Å²) < 4.78 is 11.6. The van der Waals surface area contributed by atoms with Gasteiger partial charge < -0.3 is 9.47 Å². The highest BCUT2D eigenvalue weighted by molar-refractivity contribution is 6.06. The Labute approximate surface area is 145 Å². The molecule has 0 heterocycles. The van der Waals surface area contributed by atoms with E-state index in [2.05, 4.69) is 40.7 Å². The van der Waals surface area contributed by atoms with E-state index < -0.39 is 0 Å². The number of benzene rings is 1. The van der Waals surface area contributed by atoms with Gasteiger partial charge in [-0.1, -0.05) is 41.0 Å². The van der Waals surface area contributed by atoms with Crippen LogP contribution in [-0.2, 0) is 5.41 Å². The Morgan fingerprint density at radius 2 is 1.71 bits per heavy atom. The van der Waals surface area contributed by atoms with Crippen molar-refractivity contribution >= 4 is 5.78 Å². The number of rotatable bonds is 3. The van der Waals surface area contributed by atoms with Gasteiger partial charge in [0.1, 0.15) is 0 Å². The van der Waals surface area contributed by atoms with Crippen molar-refractivity contribution in [3.63, 3.8) is 0 Å². The SMILES string of the molecule is COc1c(C(C)C)cc2c(c1OC)[C@@]1(C)CCCC(C)(C)[C@H]1C2=O. The molecule has 3 rings (SSSR count). The van der Waals surface area contributed by atoms with E-state index in [0.717, 1.165) is 47.5 Å². The molecule has 0 saturated heterocycles. The molecule has 3 nitrogen and oxygen atoms in total. The molecule has 0 N–H and O–H groups in total. The molecule has 2 aliphatic carbocycles. The third-order valence-corrected chi connectivity index (χ3v) is 6.33. The van der Waals surface area contributed by atoms with Crippen molar-refractivity contribution in [1.29, 1.82) is 0 Å². The molecule has 24 heavy (non-hydrogen) atoms. The van der Waals surface area contributed by atoms with E-state index in [4.69, 9.17) is 9.47 Å². The lowest BCUT2D eigenvalue weighted by Crippen LogP contribution is -2.44. The van der Waals surface area contributed by atoms with Gasteiger partial charge in [0.25, 0.3) is 0 Å². The Morgan fingerprint density at radius 1 is 1.08 bits per heavy atom. The Kier molecular flexibility index (Phi) is 3.97. The molecule has 1 fully saturated rings. The summed E-state index contributed by atoms with van der Waals surface area (Å²) in [5.74, 6) is 2.16. The van der Waals surface area contributed by atoms with E-state index in [-0.39, 0.29) is 22.7 Å². The summed E-state index contributed by atoms with van der Waals surface area (Å²) in [6.07, 6.45) is 3.27. The molecular weight excluding hydrogens is 300 g/mol. The van der Waals surface area contributed by atoms with Crippen LogP contribution in [-0.4, -0.2) is 20.0 Å². The monoisotopic (exact) mass is 330 g/mol. The summed E-state index contributed by atoms with van der Waals surface area (Å²) in [7, 11) is 3.38. The van der Waals surface area contributed by atoms with Crippen molar-refractivity contribution in [2.75, 3.05) is 14.2 Å². The summed E-state index contributed by atoms with van der Waals surface area (Å²) >= 11 is 0. The van der Waals surface area contributed by atoms with Crippen LogP contribution in [0, 0.1) is 11.3 Å². The number of fused-ring (bicyclic) bond motifs is 3. The molecule has 132 valence electrons. The van der Waals surface area contributed by atoms with Crippen molar-refractivity contribution in [2.24, 2.45) is 11.3 Å². The molecule has 0 unspecified atom stereocenters. The van der Waals surface area contributed by atoms with Gasteiger partial charge >= 0.3 is 0 Å². The number of carbonyl (C=O) groups is 1. The van der Waals surface area contributed by atoms with Gasteiger partial charge in [0.05, 0.1) is 14.2 Å². The number of ether oxygens (including phenoxy) is 2. The number of methoxy groups -OCH3 is 2. The minimum absolute atomic E-state index is 0.0132. The minimum atomic E-state index is -0.164. The highest BCUT2D eigenvalue weighted by Gasteiger charge is 2.58. The summed E-state index contributed by atoms with van der Waals surface area (Å²) in [5.41, 5.74) is 2.84. The fraction of sp³-hybridized carbons (Fsp3) is 0.667. The quantitative estimate of drug-likeness (QED) is 0.773. The number of hydrogen-bond donors (Lipinski definition) is 0. The lowest BCUT2D eigenvalue weighted by Gasteiger charge is -2.46. The first-order valence-electron chi connectivity index (χ1n) is 9.02. The second kappa shape index (κ2) is 5.50. The van der Waals surface area contributed by atoms with Crippen LogP contribution in [0.1, 0.15) is 81.3 Å². The van der Waals surface area contributed by atoms with Gasteiger partial charge in [0.15, 0.2) is 17.3 Å². The number of Topliss-reactive ketones (excluding diaryl/α,β-unsaturated/α-hetero) is 1. The van der Waals surface area contributed by atoms with Crippen molar-refractivity contribution in [1.82, 2.24) is 0 Å². The zero-order valence-electron chi connectivity index (χ0n) is 16.1. The van der Waals surface area contributed by atoms with Crippen molar-refractivity contribution in [2.45, 2.75) is 65.2 Å². The fourth-order valence-corrected chi connectivity index (χ4v) is 5.39. The summed E-state index contributed by atoms with van der Waals surface area (Å²) in [6, 6.07) is 2.07. The van der Waals surface area contributed by atoms with Crippen LogP contribution in [0.15, 0.2) is 6.07 Å². The normalized spacial score (nSPS) is 27.8. The van der Waals surface area contributed by atoms with Crippen LogP contribution in [0.2, 0.25) is 0 Å². The van der Waals surface area contributed by atoms with E-state index >= 15 is 0 Å². The number of hydrogen-bond acceptors (Lipinski definition) is 3. The number of carbonyl (C=O) groups excluding carboxylic acids is 1. The first-order chi connectivity index (χ1) is 11.2. The predicted molar refractivity (Wildman–Crippen MR) is 96.4 cm³/mol. The molecule has 0 aromatic heterocycles. The average molecular weight is 330 g/mol. The molecule has 0 bridgehead atoms. The lowest BCUT2D eigenvalue weighted by molar-refractivity contribution is 0.0496. The average Bonchev–Trinajstić information content (AvgIpc) is 2.74. The van der Waals surface area contributed by atoms with Crippen molar-refractivity contribution < 1.29 is 14.3 Å². The molecule has 0 radical (unpaired) electrons. The summed E-state index contributed by atoms with van der Waals surface area (Å²) in [4.78, 5) is 13.4.